The van der Waals surface area contributed by atoms with Crippen LogP contribution < -0.4 is 5.32 Å². The Morgan fingerprint density at radius 1 is 1.33 bits per heavy atom. The second kappa shape index (κ2) is 7.07. The Balaban J connectivity index is 2.17. The zero-order valence-electron chi connectivity index (χ0n) is 12.9. The van der Waals surface area contributed by atoms with Crippen molar-refractivity contribution in [2.45, 2.75) is 46.5 Å². The molecule has 1 N–H and O–H groups in total. The molecule has 4 nitrogen and oxygen atoms in total. The van der Waals surface area contributed by atoms with E-state index in [1.54, 1.807) is 0 Å². The predicted octanol–water partition coefficient (Wildman–Crippen LogP) is 4.02. The molecule has 0 spiro atoms. The molecule has 1 amide bonds. The molecule has 0 saturated carbocycles. The lowest BCUT2D eigenvalue weighted by Crippen LogP contribution is -2.26. The summed E-state index contributed by atoms with van der Waals surface area (Å²) in [6.07, 6.45) is 6.56. The standard InChI is InChI=1S/C16H22BrN3O/c1-4-5-6-7-8-18-16(21)14-12(3)19-15-13(17)9-11(2)10-20(14)15/h9-10H,4-8H2,1-3H3,(H,18,21). The van der Waals surface area contributed by atoms with Gasteiger partial charge in [0.2, 0.25) is 0 Å². The zero-order chi connectivity index (χ0) is 15.4. The number of aryl methyl sites for hydroxylation is 2. The number of nitrogens with zero attached hydrogens (tertiary/aromatic N) is 2. The lowest BCUT2D eigenvalue weighted by molar-refractivity contribution is 0.0946. The third-order valence-electron chi connectivity index (χ3n) is 3.52. The first-order valence-corrected chi connectivity index (χ1v) is 8.27. The predicted molar refractivity (Wildman–Crippen MR) is 88.8 cm³/mol. The van der Waals surface area contributed by atoms with E-state index in [9.17, 15) is 4.79 Å². The van der Waals surface area contributed by atoms with Crippen LogP contribution in [0.3, 0.4) is 0 Å². The molecule has 0 radical (unpaired) electrons. The molecule has 2 rings (SSSR count). The van der Waals surface area contributed by atoms with Gasteiger partial charge in [0, 0.05) is 12.7 Å². The van der Waals surface area contributed by atoms with Gasteiger partial charge in [0.1, 0.15) is 5.69 Å². The molecule has 0 aromatic carbocycles. The minimum Gasteiger partial charge on any atom is -0.351 e. The van der Waals surface area contributed by atoms with Crippen LogP contribution in [-0.2, 0) is 0 Å². The minimum atomic E-state index is -0.0472. The highest BCUT2D eigenvalue weighted by molar-refractivity contribution is 9.10. The summed E-state index contributed by atoms with van der Waals surface area (Å²) in [6.45, 7) is 6.78. The van der Waals surface area contributed by atoms with Crippen molar-refractivity contribution in [1.29, 1.82) is 0 Å². The molecule has 0 unspecified atom stereocenters. The van der Waals surface area contributed by atoms with Crippen molar-refractivity contribution < 1.29 is 4.79 Å². The summed E-state index contributed by atoms with van der Waals surface area (Å²) in [7, 11) is 0. The van der Waals surface area contributed by atoms with Gasteiger partial charge in [0.15, 0.2) is 5.65 Å². The quantitative estimate of drug-likeness (QED) is 0.798. The highest BCUT2D eigenvalue weighted by atomic mass is 79.9. The number of pyridine rings is 1. The SMILES string of the molecule is CCCCCCNC(=O)c1c(C)nc2c(Br)cc(C)cn12. The largest absolute Gasteiger partial charge is 0.351 e. The first kappa shape index (κ1) is 16.0. The average Bonchev–Trinajstić information content (AvgIpc) is 2.75. The number of nitrogens with one attached hydrogen (secondary N) is 1. The monoisotopic (exact) mass is 351 g/mol. The van der Waals surface area contributed by atoms with Crippen molar-refractivity contribution in [3.05, 3.63) is 33.7 Å². The molecule has 0 saturated heterocycles. The fourth-order valence-electron chi connectivity index (χ4n) is 2.46. The fraction of sp³-hybridized carbons (Fsp3) is 0.500. The average molecular weight is 352 g/mol. The van der Waals surface area contributed by atoms with Crippen LogP contribution in [0.5, 0.6) is 0 Å². The highest BCUT2D eigenvalue weighted by Gasteiger charge is 2.17. The number of amides is 1. The smallest absolute Gasteiger partial charge is 0.270 e. The Morgan fingerprint density at radius 2 is 2.10 bits per heavy atom. The van der Waals surface area contributed by atoms with Crippen molar-refractivity contribution in [2.75, 3.05) is 6.54 Å². The summed E-state index contributed by atoms with van der Waals surface area (Å²) in [5, 5.41) is 3.00. The van der Waals surface area contributed by atoms with E-state index in [1.165, 1.54) is 12.8 Å². The Morgan fingerprint density at radius 3 is 2.81 bits per heavy atom. The van der Waals surface area contributed by atoms with Crippen molar-refractivity contribution in [1.82, 2.24) is 14.7 Å². The molecule has 0 aliphatic heterocycles. The second-order valence-corrected chi connectivity index (χ2v) is 6.28. The summed E-state index contributed by atoms with van der Waals surface area (Å²) in [5.74, 6) is -0.0472. The molecule has 5 heteroatoms. The van der Waals surface area contributed by atoms with Crippen LogP contribution in [0.15, 0.2) is 16.7 Å². The van der Waals surface area contributed by atoms with Gasteiger partial charge >= 0.3 is 0 Å². The lowest BCUT2D eigenvalue weighted by Gasteiger charge is -2.07. The van der Waals surface area contributed by atoms with E-state index in [-0.39, 0.29) is 5.91 Å². The molecule has 2 heterocycles. The maximum absolute atomic E-state index is 12.4. The van der Waals surface area contributed by atoms with Gasteiger partial charge in [-0.1, -0.05) is 26.2 Å². The van der Waals surface area contributed by atoms with Crippen LogP contribution in [-0.4, -0.2) is 21.8 Å². The summed E-state index contributed by atoms with van der Waals surface area (Å²) >= 11 is 3.51. The van der Waals surface area contributed by atoms with E-state index in [2.05, 4.69) is 33.2 Å². The lowest BCUT2D eigenvalue weighted by atomic mass is 10.2. The first-order chi connectivity index (χ1) is 10.0. The number of rotatable bonds is 6. The number of imidazole rings is 1. The summed E-state index contributed by atoms with van der Waals surface area (Å²) in [5.41, 5.74) is 3.26. The van der Waals surface area contributed by atoms with Gasteiger partial charge in [-0.25, -0.2) is 4.98 Å². The van der Waals surface area contributed by atoms with Gasteiger partial charge in [0.25, 0.3) is 5.91 Å². The maximum Gasteiger partial charge on any atom is 0.270 e. The van der Waals surface area contributed by atoms with Gasteiger partial charge in [-0.2, -0.15) is 0 Å². The van der Waals surface area contributed by atoms with Gasteiger partial charge in [-0.15, -0.1) is 0 Å². The Kier molecular flexibility index (Phi) is 5.39. The maximum atomic E-state index is 12.4. The van der Waals surface area contributed by atoms with Crippen LogP contribution in [0.2, 0.25) is 0 Å². The number of aromatic nitrogens is 2. The molecular formula is C16H22BrN3O. The van der Waals surface area contributed by atoms with Crippen molar-refractivity contribution >= 4 is 27.5 Å². The molecule has 21 heavy (non-hydrogen) atoms. The van der Waals surface area contributed by atoms with Gasteiger partial charge in [-0.3, -0.25) is 9.20 Å². The van der Waals surface area contributed by atoms with E-state index in [0.29, 0.717) is 5.69 Å². The van der Waals surface area contributed by atoms with E-state index < -0.39 is 0 Å². The van der Waals surface area contributed by atoms with Crippen LogP contribution in [0.25, 0.3) is 5.65 Å². The number of hydrogen-bond acceptors (Lipinski definition) is 2. The van der Waals surface area contributed by atoms with E-state index in [1.807, 2.05) is 30.5 Å². The summed E-state index contributed by atoms with van der Waals surface area (Å²) in [6, 6.07) is 2.01. The molecule has 0 aliphatic carbocycles. The second-order valence-electron chi connectivity index (χ2n) is 5.42. The van der Waals surface area contributed by atoms with Crippen LogP contribution in [0.1, 0.15) is 54.4 Å². The molecule has 2 aromatic heterocycles. The van der Waals surface area contributed by atoms with E-state index in [0.717, 1.165) is 40.8 Å². The number of fused-ring (bicyclic) bond motifs is 1. The van der Waals surface area contributed by atoms with E-state index in [4.69, 9.17) is 0 Å². The summed E-state index contributed by atoms with van der Waals surface area (Å²) in [4.78, 5) is 16.9. The van der Waals surface area contributed by atoms with Gasteiger partial charge < -0.3 is 5.32 Å². The third kappa shape index (κ3) is 3.64. The van der Waals surface area contributed by atoms with Gasteiger partial charge in [0.05, 0.1) is 10.2 Å². The highest BCUT2D eigenvalue weighted by Crippen LogP contribution is 2.22. The number of carbonyl (C=O) groups is 1. The first-order valence-electron chi connectivity index (χ1n) is 7.47. The molecule has 0 atom stereocenters. The van der Waals surface area contributed by atoms with Crippen molar-refractivity contribution in [2.24, 2.45) is 0 Å². The zero-order valence-corrected chi connectivity index (χ0v) is 14.5. The summed E-state index contributed by atoms with van der Waals surface area (Å²) < 4.78 is 2.78. The number of halogens is 1. The Bertz CT molecular complexity index is 648. The molecule has 2 aromatic rings. The van der Waals surface area contributed by atoms with Crippen LogP contribution in [0, 0.1) is 13.8 Å². The van der Waals surface area contributed by atoms with Crippen LogP contribution in [0.4, 0.5) is 0 Å². The van der Waals surface area contributed by atoms with Crippen molar-refractivity contribution in [3.8, 4) is 0 Å². The molecule has 0 fully saturated rings. The molecule has 0 bridgehead atoms. The fourth-order valence-corrected chi connectivity index (χ4v) is 3.10. The third-order valence-corrected chi connectivity index (χ3v) is 4.10. The van der Waals surface area contributed by atoms with Crippen LogP contribution >= 0.6 is 15.9 Å². The Labute approximate surface area is 134 Å². The van der Waals surface area contributed by atoms with Crippen molar-refractivity contribution in [3.63, 3.8) is 0 Å². The number of hydrogen-bond donors (Lipinski definition) is 1. The normalized spacial score (nSPS) is 11.0. The topological polar surface area (TPSA) is 46.4 Å². The number of unbranched alkanes of at least 4 members (excludes halogenated alkanes) is 3. The minimum absolute atomic E-state index is 0.0472. The molecule has 114 valence electrons. The molecule has 0 aliphatic rings. The van der Waals surface area contributed by atoms with Gasteiger partial charge in [-0.05, 0) is 47.8 Å². The Hall–Kier alpha value is -1.36. The number of carbonyl (C=O) groups excluding carboxylic acids is 1. The molecular weight excluding hydrogens is 330 g/mol. The van der Waals surface area contributed by atoms with E-state index >= 15 is 0 Å².